The Morgan fingerprint density at radius 1 is 1.57 bits per heavy atom. The van der Waals surface area contributed by atoms with E-state index in [1.165, 1.54) is 11.5 Å². The Morgan fingerprint density at radius 2 is 2.29 bits per heavy atom. The SMILES string of the molecule is CCSCCNC. The first kappa shape index (κ1) is 7.31. The van der Waals surface area contributed by atoms with Gasteiger partial charge in [0.15, 0.2) is 0 Å². The van der Waals surface area contributed by atoms with Gasteiger partial charge in [-0.3, -0.25) is 0 Å². The Bertz CT molecular complexity index is 27.3. The van der Waals surface area contributed by atoms with Crippen molar-refractivity contribution >= 4 is 11.8 Å². The maximum absolute atomic E-state index is 3.08. The maximum atomic E-state index is 3.08. The van der Waals surface area contributed by atoms with E-state index < -0.39 is 0 Å². The van der Waals surface area contributed by atoms with Crippen LogP contribution in [0.25, 0.3) is 0 Å². The molecule has 0 bridgehead atoms. The van der Waals surface area contributed by atoms with Gasteiger partial charge in [0.25, 0.3) is 0 Å². The standard InChI is InChI=1S/C5H13NS/c1-3-7-5-4-6-2/h6H,3-5H2,1-2H3. The molecule has 0 aromatic heterocycles. The second-order valence-electron chi connectivity index (χ2n) is 1.30. The van der Waals surface area contributed by atoms with Gasteiger partial charge in [-0.05, 0) is 12.8 Å². The third kappa shape index (κ3) is 6.31. The highest BCUT2D eigenvalue weighted by molar-refractivity contribution is 7.99. The minimum absolute atomic E-state index is 1.14. The Hall–Kier alpha value is 0.310. The Balaban J connectivity index is 2.45. The Kier molecular flexibility index (Phi) is 6.59. The summed E-state index contributed by atoms with van der Waals surface area (Å²) in [5, 5.41) is 3.08. The van der Waals surface area contributed by atoms with Gasteiger partial charge in [0.2, 0.25) is 0 Å². The van der Waals surface area contributed by atoms with Crippen molar-refractivity contribution in [3.05, 3.63) is 0 Å². The lowest BCUT2D eigenvalue weighted by molar-refractivity contribution is 0.872. The number of hydrogen-bond acceptors (Lipinski definition) is 2. The van der Waals surface area contributed by atoms with Gasteiger partial charge in [-0.1, -0.05) is 6.92 Å². The van der Waals surface area contributed by atoms with Crippen molar-refractivity contribution < 1.29 is 0 Å². The van der Waals surface area contributed by atoms with Crippen LogP contribution in [0.2, 0.25) is 0 Å². The molecule has 0 aliphatic carbocycles. The Labute approximate surface area is 49.9 Å². The molecule has 0 spiro atoms. The van der Waals surface area contributed by atoms with Crippen LogP contribution in [0.3, 0.4) is 0 Å². The molecule has 0 aromatic rings. The molecule has 0 heterocycles. The lowest BCUT2D eigenvalue weighted by atomic mass is 10.8. The van der Waals surface area contributed by atoms with Crippen LogP contribution in [0.15, 0.2) is 0 Å². The third-order valence-corrected chi connectivity index (χ3v) is 1.60. The van der Waals surface area contributed by atoms with Crippen molar-refractivity contribution in [1.82, 2.24) is 5.32 Å². The molecule has 0 saturated carbocycles. The first-order valence-corrected chi connectivity index (χ1v) is 3.79. The van der Waals surface area contributed by atoms with E-state index in [1.807, 2.05) is 18.8 Å². The first-order chi connectivity index (χ1) is 3.41. The van der Waals surface area contributed by atoms with E-state index in [4.69, 9.17) is 0 Å². The monoisotopic (exact) mass is 119 g/mol. The van der Waals surface area contributed by atoms with Crippen LogP contribution in [-0.2, 0) is 0 Å². The second kappa shape index (κ2) is 6.31. The van der Waals surface area contributed by atoms with Crippen molar-refractivity contribution in [2.45, 2.75) is 6.92 Å². The van der Waals surface area contributed by atoms with E-state index in [1.54, 1.807) is 0 Å². The zero-order valence-corrected chi connectivity index (χ0v) is 5.85. The predicted molar refractivity (Wildman–Crippen MR) is 36.9 cm³/mol. The lowest BCUT2D eigenvalue weighted by Gasteiger charge is -1.93. The van der Waals surface area contributed by atoms with Gasteiger partial charge in [-0.25, -0.2) is 0 Å². The lowest BCUT2D eigenvalue weighted by Crippen LogP contribution is -2.09. The molecule has 44 valence electrons. The molecule has 7 heavy (non-hydrogen) atoms. The van der Waals surface area contributed by atoms with Crippen molar-refractivity contribution in [1.29, 1.82) is 0 Å². The van der Waals surface area contributed by atoms with Gasteiger partial charge in [0, 0.05) is 12.3 Å². The number of rotatable bonds is 4. The van der Waals surface area contributed by atoms with E-state index in [2.05, 4.69) is 12.2 Å². The fraction of sp³-hybridized carbons (Fsp3) is 1.00. The molecular formula is C5H13NS. The zero-order chi connectivity index (χ0) is 5.54. The average molecular weight is 119 g/mol. The molecule has 0 rings (SSSR count). The molecule has 0 aromatic carbocycles. The van der Waals surface area contributed by atoms with Gasteiger partial charge in [-0.2, -0.15) is 11.8 Å². The Morgan fingerprint density at radius 3 is 2.71 bits per heavy atom. The highest BCUT2D eigenvalue weighted by Crippen LogP contribution is 1.93. The van der Waals surface area contributed by atoms with E-state index in [-0.39, 0.29) is 0 Å². The summed E-state index contributed by atoms with van der Waals surface area (Å²) in [5.41, 5.74) is 0. The van der Waals surface area contributed by atoms with E-state index >= 15 is 0 Å². The molecule has 1 N–H and O–H groups in total. The molecule has 0 unspecified atom stereocenters. The number of nitrogens with one attached hydrogen (secondary N) is 1. The van der Waals surface area contributed by atoms with E-state index in [0.29, 0.717) is 0 Å². The van der Waals surface area contributed by atoms with Gasteiger partial charge in [0.05, 0.1) is 0 Å². The van der Waals surface area contributed by atoms with Gasteiger partial charge in [-0.15, -0.1) is 0 Å². The third-order valence-electron chi connectivity index (χ3n) is 0.701. The van der Waals surface area contributed by atoms with E-state index in [9.17, 15) is 0 Å². The first-order valence-electron chi connectivity index (χ1n) is 2.64. The van der Waals surface area contributed by atoms with Crippen molar-refractivity contribution in [3.63, 3.8) is 0 Å². The summed E-state index contributed by atoms with van der Waals surface area (Å²) < 4.78 is 0. The van der Waals surface area contributed by atoms with Crippen LogP contribution in [0, 0.1) is 0 Å². The molecule has 2 heteroatoms. The molecule has 0 atom stereocenters. The molecule has 0 radical (unpaired) electrons. The van der Waals surface area contributed by atoms with Gasteiger partial charge >= 0.3 is 0 Å². The van der Waals surface area contributed by atoms with Gasteiger partial charge in [0.1, 0.15) is 0 Å². The highest BCUT2D eigenvalue weighted by atomic mass is 32.2. The summed E-state index contributed by atoms with van der Waals surface area (Å²) in [4.78, 5) is 0. The molecule has 0 amide bonds. The van der Waals surface area contributed by atoms with Crippen LogP contribution >= 0.6 is 11.8 Å². The van der Waals surface area contributed by atoms with Crippen LogP contribution in [0.1, 0.15) is 6.92 Å². The summed E-state index contributed by atoms with van der Waals surface area (Å²) in [6, 6.07) is 0. The fourth-order valence-electron chi connectivity index (χ4n) is 0.319. The summed E-state index contributed by atoms with van der Waals surface area (Å²) in [6.07, 6.45) is 0. The molecular weight excluding hydrogens is 106 g/mol. The largest absolute Gasteiger partial charge is 0.319 e. The van der Waals surface area contributed by atoms with Crippen LogP contribution in [-0.4, -0.2) is 25.1 Å². The van der Waals surface area contributed by atoms with Crippen molar-refractivity contribution in [2.24, 2.45) is 0 Å². The van der Waals surface area contributed by atoms with Crippen molar-refractivity contribution in [3.8, 4) is 0 Å². The molecule has 0 fully saturated rings. The quantitative estimate of drug-likeness (QED) is 0.553. The fourth-order valence-corrected chi connectivity index (χ4v) is 0.956. The van der Waals surface area contributed by atoms with Crippen LogP contribution < -0.4 is 5.32 Å². The van der Waals surface area contributed by atoms with Crippen molar-refractivity contribution in [2.75, 3.05) is 25.1 Å². The summed E-state index contributed by atoms with van der Waals surface area (Å²) >= 11 is 1.97. The maximum Gasteiger partial charge on any atom is 0.00578 e. The van der Waals surface area contributed by atoms with Gasteiger partial charge < -0.3 is 5.32 Å². The van der Waals surface area contributed by atoms with Crippen LogP contribution in [0.5, 0.6) is 0 Å². The predicted octanol–water partition coefficient (Wildman–Crippen LogP) is 0.959. The number of thioether (sulfide) groups is 1. The average Bonchev–Trinajstić information content (AvgIpc) is 1.69. The summed E-state index contributed by atoms with van der Waals surface area (Å²) in [7, 11) is 1.98. The minimum atomic E-state index is 1.14. The summed E-state index contributed by atoms with van der Waals surface area (Å²) in [6.45, 7) is 3.32. The topological polar surface area (TPSA) is 12.0 Å². The summed E-state index contributed by atoms with van der Waals surface area (Å²) in [5.74, 6) is 2.48. The molecule has 1 nitrogen and oxygen atoms in total. The van der Waals surface area contributed by atoms with E-state index in [0.717, 1.165) is 6.54 Å². The second-order valence-corrected chi connectivity index (χ2v) is 2.69. The smallest absolute Gasteiger partial charge is 0.00578 e. The molecule has 0 aliphatic heterocycles. The highest BCUT2D eigenvalue weighted by Gasteiger charge is 1.78. The minimum Gasteiger partial charge on any atom is -0.319 e. The molecule has 0 aliphatic rings. The van der Waals surface area contributed by atoms with Crippen LogP contribution in [0.4, 0.5) is 0 Å². The zero-order valence-electron chi connectivity index (χ0n) is 5.03. The molecule has 0 saturated heterocycles. The number of hydrogen-bond donors (Lipinski definition) is 1. The normalized spacial score (nSPS) is 9.43.